The molecule has 0 aliphatic rings. The average Bonchev–Trinajstić information content (AvgIpc) is 2.68. The lowest BCUT2D eigenvalue weighted by Gasteiger charge is -2.11. The zero-order valence-corrected chi connectivity index (χ0v) is 16.8. The molecule has 0 spiro atoms. The van der Waals surface area contributed by atoms with E-state index in [1.165, 1.54) is 12.1 Å². The van der Waals surface area contributed by atoms with Crippen molar-refractivity contribution >= 4 is 38.9 Å². The third-order valence-corrected chi connectivity index (χ3v) is 4.57. The maximum atomic E-state index is 12.9. The van der Waals surface area contributed by atoms with E-state index in [0.717, 1.165) is 27.0 Å². The van der Waals surface area contributed by atoms with Crippen LogP contribution in [-0.2, 0) is 13.2 Å². The van der Waals surface area contributed by atoms with Gasteiger partial charge in [-0.25, -0.2) is 4.39 Å². The van der Waals surface area contributed by atoms with Crippen LogP contribution in [0.5, 0.6) is 5.75 Å². The van der Waals surface area contributed by atoms with Crippen LogP contribution < -0.4 is 15.4 Å². The summed E-state index contributed by atoms with van der Waals surface area (Å²) >= 11 is 8.72. The van der Waals surface area contributed by atoms with Crippen LogP contribution in [-0.4, -0.2) is 5.11 Å². The second-order valence-electron chi connectivity index (χ2n) is 5.87. The predicted molar refractivity (Wildman–Crippen MR) is 114 cm³/mol. The van der Waals surface area contributed by atoms with Crippen LogP contribution in [0.25, 0.3) is 0 Å². The summed E-state index contributed by atoms with van der Waals surface area (Å²) in [6.07, 6.45) is 0. The first-order chi connectivity index (χ1) is 13.1. The summed E-state index contributed by atoms with van der Waals surface area (Å²) in [7, 11) is 0. The first kappa shape index (κ1) is 19.3. The molecule has 0 aliphatic carbocycles. The first-order valence-electron chi connectivity index (χ1n) is 8.35. The summed E-state index contributed by atoms with van der Waals surface area (Å²) in [5.74, 6) is 0.516. The maximum Gasteiger partial charge on any atom is 0.171 e. The number of nitrogens with one attached hydrogen (secondary N) is 2. The van der Waals surface area contributed by atoms with Gasteiger partial charge in [-0.05, 0) is 71.9 Å². The normalized spacial score (nSPS) is 10.3. The number of hydrogen-bond acceptors (Lipinski definition) is 2. The van der Waals surface area contributed by atoms with E-state index in [2.05, 4.69) is 26.6 Å². The zero-order valence-electron chi connectivity index (χ0n) is 14.4. The van der Waals surface area contributed by atoms with E-state index in [1.807, 2.05) is 48.5 Å². The molecule has 3 aromatic rings. The average molecular weight is 445 g/mol. The maximum absolute atomic E-state index is 12.9. The Kier molecular flexibility index (Phi) is 6.79. The van der Waals surface area contributed by atoms with Gasteiger partial charge < -0.3 is 15.4 Å². The molecule has 0 fully saturated rings. The molecule has 2 N–H and O–H groups in total. The smallest absolute Gasteiger partial charge is 0.171 e. The summed E-state index contributed by atoms with van der Waals surface area (Å²) in [4.78, 5) is 0. The lowest BCUT2D eigenvalue weighted by molar-refractivity contribution is 0.306. The van der Waals surface area contributed by atoms with Crippen molar-refractivity contribution in [1.82, 2.24) is 5.32 Å². The number of anilines is 1. The van der Waals surface area contributed by atoms with Crippen LogP contribution >= 0.6 is 28.1 Å². The molecular formula is C21H18BrFN2OS. The minimum atomic E-state index is -0.247. The van der Waals surface area contributed by atoms with Gasteiger partial charge in [0.15, 0.2) is 5.11 Å². The van der Waals surface area contributed by atoms with Gasteiger partial charge in [0.25, 0.3) is 0 Å². The highest BCUT2D eigenvalue weighted by atomic mass is 79.9. The van der Waals surface area contributed by atoms with Crippen LogP contribution in [0.3, 0.4) is 0 Å². The molecule has 0 saturated heterocycles. The van der Waals surface area contributed by atoms with Crippen LogP contribution in [0.1, 0.15) is 11.1 Å². The van der Waals surface area contributed by atoms with Crippen LogP contribution in [0.4, 0.5) is 10.1 Å². The Balaban J connectivity index is 1.45. The minimum absolute atomic E-state index is 0.247. The van der Waals surface area contributed by atoms with Gasteiger partial charge in [-0.2, -0.15) is 0 Å². The first-order valence-corrected chi connectivity index (χ1v) is 9.55. The summed E-state index contributed by atoms with van der Waals surface area (Å²) in [6, 6.07) is 21.9. The molecule has 138 valence electrons. The van der Waals surface area contributed by atoms with Crippen molar-refractivity contribution in [2.24, 2.45) is 0 Å². The molecule has 27 heavy (non-hydrogen) atoms. The molecule has 3 rings (SSSR count). The molecule has 0 saturated carbocycles. The summed E-state index contributed by atoms with van der Waals surface area (Å²) in [6.45, 7) is 1.01. The van der Waals surface area contributed by atoms with Crippen molar-refractivity contribution in [3.8, 4) is 5.75 Å². The number of rotatable bonds is 6. The third kappa shape index (κ3) is 6.34. The Bertz CT molecular complexity index is 884. The Labute approximate surface area is 171 Å². The minimum Gasteiger partial charge on any atom is -0.489 e. The fourth-order valence-corrected chi connectivity index (χ4v) is 2.80. The van der Waals surface area contributed by atoms with Gasteiger partial charge in [0, 0.05) is 16.7 Å². The molecule has 0 unspecified atom stereocenters. The number of benzene rings is 3. The van der Waals surface area contributed by atoms with Gasteiger partial charge in [0.05, 0.1) is 0 Å². The highest BCUT2D eigenvalue weighted by Crippen LogP contribution is 2.16. The quantitative estimate of drug-likeness (QED) is 0.481. The van der Waals surface area contributed by atoms with Gasteiger partial charge in [-0.1, -0.05) is 40.2 Å². The Morgan fingerprint density at radius 3 is 2.19 bits per heavy atom. The van der Waals surface area contributed by atoms with Gasteiger partial charge in [0.1, 0.15) is 18.2 Å². The number of ether oxygens (including phenoxy) is 1. The van der Waals surface area contributed by atoms with Crippen LogP contribution in [0.2, 0.25) is 0 Å². The van der Waals surface area contributed by atoms with Crippen molar-refractivity contribution < 1.29 is 9.13 Å². The van der Waals surface area contributed by atoms with Crippen LogP contribution in [0.15, 0.2) is 77.3 Å². The summed E-state index contributed by atoms with van der Waals surface area (Å²) in [5, 5.41) is 6.88. The molecule has 3 aromatic carbocycles. The van der Waals surface area contributed by atoms with Gasteiger partial charge in [0.2, 0.25) is 0 Å². The Morgan fingerprint density at radius 1 is 0.889 bits per heavy atom. The highest BCUT2D eigenvalue weighted by molar-refractivity contribution is 9.10. The molecule has 0 radical (unpaired) electrons. The molecule has 6 heteroatoms. The van der Waals surface area contributed by atoms with E-state index in [-0.39, 0.29) is 5.82 Å². The monoisotopic (exact) mass is 444 g/mol. The third-order valence-electron chi connectivity index (χ3n) is 3.80. The second-order valence-corrected chi connectivity index (χ2v) is 7.20. The molecule has 0 atom stereocenters. The van der Waals surface area contributed by atoms with Gasteiger partial charge in [-0.15, -0.1) is 0 Å². The topological polar surface area (TPSA) is 33.3 Å². The van der Waals surface area contributed by atoms with E-state index in [4.69, 9.17) is 17.0 Å². The molecule has 0 aromatic heterocycles. The molecule has 3 nitrogen and oxygen atoms in total. The molecule has 0 heterocycles. The SMILES string of the molecule is Fc1ccc(COc2ccc(CNC(=S)Nc3ccc(Br)cc3)cc2)cc1. The lowest BCUT2D eigenvalue weighted by Crippen LogP contribution is -2.27. The van der Waals surface area contributed by atoms with E-state index >= 15 is 0 Å². The van der Waals surface area contributed by atoms with E-state index in [0.29, 0.717) is 18.3 Å². The van der Waals surface area contributed by atoms with Crippen LogP contribution in [0, 0.1) is 5.82 Å². The second kappa shape index (κ2) is 9.48. The summed E-state index contributed by atoms with van der Waals surface area (Å²) in [5.41, 5.74) is 2.94. The van der Waals surface area contributed by atoms with Crippen molar-refractivity contribution in [3.63, 3.8) is 0 Å². The molecule has 0 bridgehead atoms. The van der Waals surface area contributed by atoms with Gasteiger partial charge in [-0.3, -0.25) is 0 Å². The molecular weight excluding hydrogens is 427 g/mol. The molecule has 0 amide bonds. The van der Waals surface area contributed by atoms with E-state index in [9.17, 15) is 4.39 Å². The van der Waals surface area contributed by atoms with Crippen molar-refractivity contribution in [3.05, 3.63) is 94.2 Å². The molecule has 0 aliphatic heterocycles. The predicted octanol–water partition coefficient (Wildman–Crippen LogP) is 5.65. The fraction of sp³-hybridized carbons (Fsp3) is 0.0952. The largest absolute Gasteiger partial charge is 0.489 e. The van der Waals surface area contributed by atoms with Crippen molar-refractivity contribution in [1.29, 1.82) is 0 Å². The highest BCUT2D eigenvalue weighted by Gasteiger charge is 2.01. The lowest BCUT2D eigenvalue weighted by atomic mass is 10.2. The van der Waals surface area contributed by atoms with E-state index in [1.54, 1.807) is 12.1 Å². The van der Waals surface area contributed by atoms with Gasteiger partial charge >= 0.3 is 0 Å². The summed E-state index contributed by atoms with van der Waals surface area (Å²) < 4.78 is 19.6. The van der Waals surface area contributed by atoms with E-state index < -0.39 is 0 Å². The Hall–Kier alpha value is -2.44. The number of hydrogen-bond donors (Lipinski definition) is 2. The fourth-order valence-electron chi connectivity index (χ4n) is 2.34. The zero-order chi connectivity index (χ0) is 19.1. The van der Waals surface area contributed by atoms with Crippen molar-refractivity contribution in [2.75, 3.05) is 5.32 Å². The Morgan fingerprint density at radius 2 is 1.52 bits per heavy atom. The number of thiocarbonyl (C=S) groups is 1. The standard InChI is InChI=1S/C21H18BrFN2OS/c22-17-5-9-19(10-6-17)25-21(27)24-13-15-3-11-20(12-4-15)26-14-16-1-7-18(23)8-2-16/h1-12H,13-14H2,(H2,24,25,27). The number of halogens is 2. The van der Waals surface area contributed by atoms with Crippen molar-refractivity contribution in [2.45, 2.75) is 13.2 Å².